The van der Waals surface area contributed by atoms with E-state index in [0.717, 1.165) is 6.42 Å². The van der Waals surface area contributed by atoms with Gasteiger partial charge in [-0.25, -0.2) is 0 Å². The van der Waals surface area contributed by atoms with E-state index in [1.807, 2.05) is 6.07 Å². The van der Waals surface area contributed by atoms with Gasteiger partial charge in [-0.1, -0.05) is 56.3 Å². The molecule has 1 nitrogen and oxygen atoms in total. The van der Waals surface area contributed by atoms with Crippen LogP contribution in [0.1, 0.15) is 25.8 Å². The molecule has 0 aliphatic carbocycles. The van der Waals surface area contributed by atoms with Crippen LogP contribution in [0.3, 0.4) is 0 Å². The monoisotopic (exact) mass is 225 g/mol. The maximum atomic E-state index is 4.17. The second-order valence-electron chi connectivity index (χ2n) is 4.79. The summed E-state index contributed by atoms with van der Waals surface area (Å²) < 4.78 is 2.05. The van der Waals surface area contributed by atoms with Gasteiger partial charge < -0.3 is 0 Å². The lowest BCUT2D eigenvalue weighted by Gasteiger charge is -2.24. The lowest BCUT2D eigenvalue weighted by molar-refractivity contribution is -0.403. The van der Waals surface area contributed by atoms with Crippen molar-refractivity contribution in [3.63, 3.8) is 0 Å². The quantitative estimate of drug-likeness (QED) is 0.542. The zero-order valence-electron chi connectivity index (χ0n) is 10.6. The van der Waals surface area contributed by atoms with Crippen molar-refractivity contribution in [3.8, 4) is 0 Å². The Morgan fingerprint density at radius 3 is 2.59 bits per heavy atom. The molecule has 0 unspecified atom stereocenters. The SMILES string of the molecule is C=[N+]1C(c2ccccc2)=CC=C[C-]1CC(C)C. The molecule has 0 bridgehead atoms. The largest absolute Gasteiger partial charge is 0.292 e. The van der Waals surface area contributed by atoms with Crippen molar-refractivity contribution >= 4 is 12.4 Å². The van der Waals surface area contributed by atoms with Crippen LogP contribution in [0.15, 0.2) is 48.6 Å². The number of hydrogen-bond donors (Lipinski definition) is 0. The molecule has 0 radical (unpaired) electrons. The van der Waals surface area contributed by atoms with Crippen LogP contribution in [-0.2, 0) is 0 Å². The van der Waals surface area contributed by atoms with Crippen LogP contribution in [0.25, 0.3) is 5.70 Å². The Labute approximate surface area is 104 Å². The van der Waals surface area contributed by atoms with Crippen LogP contribution in [-0.4, -0.2) is 11.3 Å². The first kappa shape index (κ1) is 11.7. The maximum absolute atomic E-state index is 4.17. The molecule has 0 aromatic heterocycles. The van der Waals surface area contributed by atoms with Gasteiger partial charge in [-0.2, -0.15) is 0 Å². The summed E-state index contributed by atoms with van der Waals surface area (Å²) in [5, 5.41) is 0. The zero-order valence-corrected chi connectivity index (χ0v) is 10.6. The van der Waals surface area contributed by atoms with Gasteiger partial charge in [-0.3, -0.25) is 4.58 Å². The number of allylic oxidation sites excluding steroid dienone is 2. The van der Waals surface area contributed by atoms with Gasteiger partial charge in [0, 0.05) is 5.56 Å². The van der Waals surface area contributed by atoms with Crippen molar-refractivity contribution < 1.29 is 4.58 Å². The van der Waals surface area contributed by atoms with Crippen LogP contribution in [0.4, 0.5) is 0 Å². The van der Waals surface area contributed by atoms with Crippen molar-refractivity contribution in [1.82, 2.24) is 0 Å². The Hall–Kier alpha value is -1.76. The predicted octanol–water partition coefficient (Wildman–Crippen LogP) is 3.89. The minimum Gasteiger partial charge on any atom is -0.292 e. The standard InChI is InChI=1S/C16H19N/c1-13(2)12-15-10-7-11-16(17(15)3)14-8-5-4-6-9-14/h4-11,13H,3,12H2,1-2H3. The molecule has 0 atom stereocenters. The van der Waals surface area contributed by atoms with Crippen molar-refractivity contribution in [2.24, 2.45) is 5.92 Å². The fourth-order valence-electron chi connectivity index (χ4n) is 2.04. The molecule has 1 aliphatic heterocycles. The Morgan fingerprint density at radius 2 is 1.94 bits per heavy atom. The van der Waals surface area contributed by atoms with E-state index in [9.17, 15) is 0 Å². The molecule has 1 heterocycles. The lowest BCUT2D eigenvalue weighted by Crippen LogP contribution is -2.18. The van der Waals surface area contributed by atoms with Gasteiger partial charge in [-0.15, -0.1) is 6.08 Å². The molecular weight excluding hydrogens is 206 g/mol. The zero-order chi connectivity index (χ0) is 12.3. The first-order valence-corrected chi connectivity index (χ1v) is 6.08. The smallest absolute Gasteiger partial charge is 0.130 e. The summed E-state index contributed by atoms with van der Waals surface area (Å²) in [5.74, 6) is 0.647. The van der Waals surface area contributed by atoms with Crippen molar-refractivity contribution in [2.75, 3.05) is 0 Å². The summed E-state index contributed by atoms with van der Waals surface area (Å²) in [6.45, 7) is 8.63. The Morgan fingerprint density at radius 1 is 1.24 bits per heavy atom. The number of benzene rings is 1. The van der Waals surface area contributed by atoms with E-state index >= 15 is 0 Å². The molecule has 1 heteroatoms. The van der Waals surface area contributed by atoms with Gasteiger partial charge in [0.2, 0.25) is 0 Å². The van der Waals surface area contributed by atoms with Crippen molar-refractivity contribution in [3.05, 3.63) is 60.2 Å². The van der Waals surface area contributed by atoms with E-state index in [2.05, 4.69) is 67.6 Å². The second-order valence-corrected chi connectivity index (χ2v) is 4.79. The summed E-state index contributed by atoms with van der Waals surface area (Å²) in [7, 11) is 0. The average molecular weight is 225 g/mol. The summed E-state index contributed by atoms with van der Waals surface area (Å²) in [6, 6.07) is 11.7. The molecule has 0 spiro atoms. The minimum atomic E-state index is 0.647. The highest BCUT2D eigenvalue weighted by atomic mass is 15.0. The Balaban J connectivity index is 2.23. The number of rotatable bonds is 3. The summed E-state index contributed by atoms with van der Waals surface area (Å²) in [6.07, 6.45) is 7.44. The van der Waals surface area contributed by atoms with E-state index < -0.39 is 0 Å². The normalized spacial score (nSPS) is 15.4. The molecule has 1 aromatic carbocycles. The topological polar surface area (TPSA) is 3.01 Å². The van der Waals surface area contributed by atoms with Crippen LogP contribution in [0, 0.1) is 12.0 Å². The third-order valence-electron chi connectivity index (χ3n) is 2.87. The molecule has 17 heavy (non-hydrogen) atoms. The predicted molar refractivity (Wildman–Crippen MR) is 73.6 cm³/mol. The highest BCUT2D eigenvalue weighted by molar-refractivity contribution is 5.63. The molecule has 0 amide bonds. The summed E-state index contributed by atoms with van der Waals surface area (Å²) >= 11 is 0. The third-order valence-corrected chi connectivity index (χ3v) is 2.87. The van der Waals surface area contributed by atoms with Crippen LogP contribution < -0.4 is 0 Å². The molecule has 0 N–H and O–H groups in total. The summed E-state index contributed by atoms with van der Waals surface area (Å²) in [4.78, 5) is 0. The Kier molecular flexibility index (Phi) is 3.48. The molecule has 2 rings (SSSR count). The van der Waals surface area contributed by atoms with Gasteiger partial charge in [0.15, 0.2) is 0 Å². The lowest BCUT2D eigenvalue weighted by atomic mass is 9.99. The molecule has 0 fully saturated rings. The average Bonchev–Trinajstić information content (AvgIpc) is 2.32. The minimum absolute atomic E-state index is 0.647. The van der Waals surface area contributed by atoms with Gasteiger partial charge >= 0.3 is 0 Å². The maximum Gasteiger partial charge on any atom is 0.130 e. The van der Waals surface area contributed by atoms with E-state index in [1.165, 1.54) is 17.3 Å². The summed E-state index contributed by atoms with van der Waals surface area (Å²) in [5.41, 5.74) is 2.39. The van der Waals surface area contributed by atoms with Crippen molar-refractivity contribution in [1.29, 1.82) is 0 Å². The molecule has 0 saturated carbocycles. The van der Waals surface area contributed by atoms with E-state index in [1.54, 1.807) is 0 Å². The second kappa shape index (κ2) is 5.05. The first-order valence-electron chi connectivity index (χ1n) is 6.08. The van der Waals surface area contributed by atoms with Crippen molar-refractivity contribution in [2.45, 2.75) is 20.3 Å². The van der Waals surface area contributed by atoms with Gasteiger partial charge in [0.25, 0.3) is 0 Å². The van der Waals surface area contributed by atoms with Crippen LogP contribution in [0.2, 0.25) is 0 Å². The van der Waals surface area contributed by atoms with E-state index in [-0.39, 0.29) is 0 Å². The molecule has 0 saturated heterocycles. The highest BCUT2D eigenvalue weighted by Gasteiger charge is 2.18. The van der Waals surface area contributed by atoms with Crippen LogP contribution in [0.5, 0.6) is 0 Å². The van der Waals surface area contributed by atoms with Gasteiger partial charge in [0.1, 0.15) is 5.70 Å². The Bertz CT molecular complexity index is 452. The van der Waals surface area contributed by atoms with Gasteiger partial charge in [-0.05, 0) is 12.3 Å². The number of nitrogens with zero attached hydrogens (tertiary/aromatic N) is 1. The highest BCUT2D eigenvalue weighted by Crippen LogP contribution is 2.27. The van der Waals surface area contributed by atoms with E-state index in [0.29, 0.717) is 5.92 Å². The molecule has 1 aromatic rings. The third kappa shape index (κ3) is 2.68. The molecular formula is C16H19N. The number of hydrogen-bond acceptors (Lipinski definition) is 0. The fraction of sp³-hybridized carbons (Fsp3) is 0.250. The first-order chi connectivity index (χ1) is 8.18. The fourth-order valence-corrected chi connectivity index (χ4v) is 2.04. The van der Waals surface area contributed by atoms with E-state index in [4.69, 9.17) is 0 Å². The molecule has 1 aliphatic rings. The van der Waals surface area contributed by atoms with Crippen LogP contribution >= 0.6 is 0 Å². The van der Waals surface area contributed by atoms with Gasteiger partial charge in [0.05, 0.1) is 12.8 Å². The molecule has 88 valence electrons.